The van der Waals surface area contributed by atoms with Crippen molar-refractivity contribution in [2.45, 2.75) is 20.8 Å². The SMILES string of the molecule is Cc1ccc(-c2[nH]n(-c3ccc(C)cc3)c(=O)c2C)cc1. The normalized spacial score (nSPS) is 10.8. The molecule has 0 amide bonds. The fourth-order valence-corrected chi connectivity index (χ4v) is 2.40. The Morgan fingerprint density at radius 1 is 0.810 bits per heavy atom. The lowest BCUT2D eigenvalue weighted by atomic mass is 10.1. The van der Waals surface area contributed by atoms with Crippen molar-refractivity contribution in [3.8, 4) is 16.9 Å². The Kier molecular flexibility index (Phi) is 3.26. The van der Waals surface area contributed by atoms with Crippen molar-refractivity contribution in [1.29, 1.82) is 0 Å². The Balaban J connectivity index is 2.13. The van der Waals surface area contributed by atoms with E-state index in [2.05, 4.69) is 24.2 Å². The molecule has 106 valence electrons. The first kappa shape index (κ1) is 13.4. The van der Waals surface area contributed by atoms with Crippen LogP contribution in [0.25, 0.3) is 16.9 Å². The van der Waals surface area contributed by atoms with Crippen LogP contribution in [0.1, 0.15) is 16.7 Å². The van der Waals surface area contributed by atoms with E-state index in [4.69, 9.17) is 0 Å². The van der Waals surface area contributed by atoms with Crippen LogP contribution in [0.3, 0.4) is 0 Å². The summed E-state index contributed by atoms with van der Waals surface area (Å²) in [5.41, 5.74) is 5.87. The molecule has 3 aromatic rings. The summed E-state index contributed by atoms with van der Waals surface area (Å²) in [4.78, 5) is 12.4. The highest BCUT2D eigenvalue weighted by atomic mass is 16.1. The predicted octanol–water partition coefficient (Wildman–Crippen LogP) is 3.76. The molecule has 0 aliphatic rings. The van der Waals surface area contributed by atoms with E-state index in [1.165, 1.54) is 11.1 Å². The van der Waals surface area contributed by atoms with Gasteiger partial charge in [-0.3, -0.25) is 9.89 Å². The Morgan fingerprint density at radius 2 is 1.33 bits per heavy atom. The van der Waals surface area contributed by atoms with Crippen LogP contribution in [0.4, 0.5) is 0 Å². The first-order chi connectivity index (χ1) is 10.1. The Morgan fingerprint density at radius 3 is 1.90 bits per heavy atom. The maximum Gasteiger partial charge on any atom is 0.274 e. The van der Waals surface area contributed by atoms with Crippen LogP contribution in [0.15, 0.2) is 53.3 Å². The number of rotatable bonds is 2. The third-order valence-corrected chi connectivity index (χ3v) is 3.75. The summed E-state index contributed by atoms with van der Waals surface area (Å²) in [5.74, 6) is 0. The number of aromatic amines is 1. The highest BCUT2D eigenvalue weighted by Crippen LogP contribution is 2.20. The van der Waals surface area contributed by atoms with Gasteiger partial charge in [0, 0.05) is 5.56 Å². The summed E-state index contributed by atoms with van der Waals surface area (Å²) >= 11 is 0. The molecular weight excluding hydrogens is 260 g/mol. The second-order valence-electron chi connectivity index (χ2n) is 5.45. The van der Waals surface area contributed by atoms with Gasteiger partial charge in [-0.15, -0.1) is 0 Å². The number of nitrogens with zero attached hydrogens (tertiary/aromatic N) is 1. The third kappa shape index (κ3) is 2.42. The van der Waals surface area contributed by atoms with Crippen LogP contribution in [0.5, 0.6) is 0 Å². The number of nitrogens with one attached hydrogen (secondary N) is 1. The molecule has 21 heavy (non-hydrogen) atoms. The fraction of sp³-hybridized carbons (Fsp3) is 0.167. The zero-order valence-electron chi connectivity index (χ0n) is 12.5. The first-order valence-corrected chi connectivity index (χ1v) is 7.02. The van der Waals surface area contributed by atoms with Crippen molar-refractivity contribution in [3.05, 3.63) is 75.6 Å². The second kappa shape index (κ2) is 5.09. The van der Waals surface area contributed by atoms with Crippen LogP contribution in [-0.2, 0) is 0 Å². The van der Waals surface area contributed by atoms with Crippen molar-refractivity contribution < 1.29 is 0 Å². The van der Waals surface area contributed by atoms with Crippen LogP contribution >= 0.6 is 0 Å². The summed E-state index contributed by atoms with van der Waals surface area (Å²) in [6.45, 7) is 5.94. The van der Waals surface area contributed by atoms with Crippen molar-refractivity contribution >= 4 is 0 Å². The predicted molar refractivity (Wildman–Crippen MR) is 86.0 cm³/mol. The molecule has 0 radical (unpaired) electrons. The molecule has 3 nitrogen and oxygen atoms in total. The zero-order chi connectivity index (χ0) is 15.0. The molecule has 1 heterocycles. The molecule has 0 bridgehead atoms. The largest absolute Gasteiger partial charge is 0.290 e. The topological polar surface area (TPSA) is 37.8 Å². The number of H-pyrrole nitrogens is 1. The molecule has 0 spiro atoms. The van der Waals surface area contributed by atoms with Gasteiger partial charge in [0.15, 0.2) is 0 Å². The van der Waals surface area contributed by atoms with Gasteiger partial charge in [-0.25, -0.2) is 4.68 Å². The van der Waals surface area contributed by atoms with Crippen molar-refractivity contribution in [1.82, 2.24) is 9.78 Å². The lowest BCUT2D eigenvalue weighted by molar-refractivity contribution is 0.850. The molecule has 1 aromatic heterocycles. The van der Waals surface area contributed by atoms with Crippen molar-refractivity contribution in [2.24, 2.45) is 0 Å². The fourth-order valence-electron chi connectivity index (χ4n) is 2.40. The van der Waals surface area contributed by atoms with E-state index in [9.17, 15) is 4.79 Å². The lowest BCUT2D eigenvalue weighted by Crippen LogP contribution is -2.15. The van der Waals surface area contributed by atoms with E-state index in [1.807, 2.05) is 50.2 Å². The minimum absolute atomic E-state index is 0.00516. The molecule has 0 saturated heterocycles. The molecule has 2 aromatic carbocycles. The average molecular weight is 278 g/mol. The van der Waals surface area contributed by atoms with E-state index >= 15 is 0 Å². The Labute approximate surface area is 123 Å². The maximum absolute atomic E-state index is 12.4. The average Bonchev–Trinajstić information content (AvgIpc) is 2.78. The molecule has 0 fully saturated rings. The number of aryl methyl sites for hydroxylation is 2. The Bertz CT molecular complexity index is 821. The van der Waals surface area contributed by atoms with Gasteiger partial charge >= 0.3 is 0 Å². The van der Waals surface area contributed by atoms with E-state index in [0.717, 1.165) is 22.5 Å². The molecule has 0 unspecified atom stereocenters. The monoisotopic (exact) mass is 278 g/mol. The van der Waals surface area contributed by atoms with Gasteiger partial charge < -0.3 is 0 Å². The standard InChI is InChI=1S/C18H18N2O/c1-12-4-8-15(9-5-12)17-14(3)18(21)20(19-17)16-10-6-13(2)7-11-16/h4-11,19H,1-3H3. The summed E-state index contributed by atoms with van der Waals surface area (Å²) in [7, 11) is 0. The number of hydrogen-bond donors (Lipinski definition) is 1. The minimum Gasteiger partial charge on any atom is -0.290 e. The van der Waals surface area contributed by atoms with Gasteiger partial charge in [-0.1, -0.05) is 47.5 Å². The minimum atomic E-state index is -0.00516. The van der Waals surface area contributed by atoms with E-state index in [0.29, 0.717) is 0 Å². The summed E-state index contributed by atoms with van der Waals surface area (Å²) < 4.78 is 1.60. The zero-order valence-corrected chi connectivity index (χ0v) is 12.5. The molecular formula is C18H18N2O. The van der Waals surface area contributed by atoms with Gasteiger partial charge in [-0.05, 0) is 38.5 Å². The highest BCUT2D eigenvalue weighted by Gasteiger charge is 2.12. The molecule has 3 heteroatoms. The molecule has 0 aliphatic heterocycles. The van der Waals surface area contributed by atoms with Gasteiger partial charge in [0.25, 0.3) is 5.56 Å². The van der Waals surface area contributed by atoms with Crippen molar-refractivity contribution in [2.75, 3.05) is 0 Å². The smallest absolute Gasteiger partial charge is 0.274 e. The van der Waals surface area contributed by atoms with Crippen LogP contribution in [-0.4, -0.2) is 9.78 Å². The lowest BCUT2D eigenvalue weighted by Gasteiger charge is -2.03. The van der Waals surface area contributed by atoms with Crippen LogP contribution in [0.2, 0.25) is 0 Å². The van der Waals surface area contributed by atoms with Crippen LogP contribution < -0.4 is 5.56 Å². The van der Waals surface area contributed by atoms with Gasteiger partial charge in [0.1, 0.15) is 0 Å². The van der Waals surface area contributed by atoms with E-state index in [1.54, 1.807) is 4.68 Å². The van der Waals surface area contributed by atoms with E-state index < -0.39 is 0 Å². The summed E-state index contributed by atoms with van der Waals surface area (Å²) in [6.07, 6.45) is 0. The van der Waals surface area contributed by atoms with Crippen molar-refractivity contribution in [3.63, 3.8) is 0 Å². The number of benzene rings is 2. The summed E-state index contributed by atoms with van der Waals surface area (Å²) in [5, 5.41) is 3.23. The molecule has 0 saturated carbocycles. The first-order valence-electron chi connectivity index (χ1n) is 7.02. The van der Waals surface area contributed by atoms with Gasteiger partial charge in [-0.2, -0.15) is 0 Å². The number of aromatic nitrogens is 2. The molecule has 0 atom stereocenters. The summed E-state index contributed by atoms with van der Waals surface area (Å²) in [6, 6.07) is 16.1. The third-order valence-electron chi connectivity index (χ3n) is 3.75. The molecule has 3 rings (SSSR count). The second-order valence-corrected chi connectivity index (χ2v) is 5.45. The Hall–Kier alpha value is -2.55. The maximum atomic E-state index is 12.4. The quantitative estimate of drug-likeness (QED) is 0.761. The van der Waals surface area contributed by atoms with Crippen LogP contribution in [0, 0.1) is 20.8 Å². The van der Waals surface area contributed by atoms with E-state index in [-0.39, 0.29) is 5.56 Å². The highest BCUT2D eigenvalue weighted by molar-refractivity contribution is 5.63. The van der Waals surface area contributed by atoms with Gasteiger partial charge in [0.2, 0.25) is 0 Å². The number of hydrogen-bond acceptors (Lipinski definition) is 1. The molecule has 1 N–H and O–H groups in total. The molecule has 0 aliphatic carbocycles. The van der Waals surface area contributed by atoms with Gasteiger partial charge in [0.05, 0.1) is 11.4 Å².